The summed E-state index contributed by atoms with van der Waals surface area (Å²) in [6.07, 6.45) is 0.779. The molecule has 2 N–H and O–H groups in total. The summed E-state index contributed by atoms with van der Waals surface area (Å²) in [7, 11) is 0. The Kier molecular flexibility index (Phi) is 3.57. The highest BCUT2D eigenvalue weighted by Crippen LogP contribution is 2.32. The highest BCUT2D eigenvalue weighted by atomic mass is 32.1. The first-order valence-corrected chi connectivity index (χ1v) is 6.66. The lowest BCUT2D eigenvalue weighted by molar-refractivity contribution is 0.813. The van der Waals surface area contributed by atoms with Crippen LogP contribution in [-0.2, 0) is 6.42 Å². The Morgan fingerprint density at radius 2 is 2.06 bits per heavy atom. The lowest BCUT2D eigenvalue weighted by Crippen LogP contribution is -2.01. The quantitative estimate of drug-likeness (QED) is 0.899. The zero-order valence-electron chi connectivity index (χ0n) is 9.17. The van der Waals surface area contributed by atoms with Crippen molar-refractivity contribution in [1.82, 2.24) is 19.8 Å². The van der Waals surface area contributed by atoms with Crippen molar-refractivity contribution in [3.05, 3.63) is 10.7 Å². The molecule has 0 spiro atoms. The highest BCUT2D eigenvalue weighted by molar-refractivity contribution is 7.19. The van der Waals surface area contributed by atoms with E-state index in [0.29, 0.717) is 12.5 Å². The van der Waals surface area contributed by atoms with Crippen LogP contribution in [0.2, 0.25) is 0 Å². The molecule has 2 aromatic rings. The highest BCUT2D eigenvalue weighted by Gasteiger charge is 2.17. The molecule has 0 aliphatic carbocycles. The van der Waals surface area contributed by atoms with E-state index in [2.05, 4.69) is 33.6 Å². The Labute approximate surface area is 102 Å². The lowest BCUT2D eigenvalue weighted by atomic mass is 10.1. The van der Waals surface area contributed by atoms with Crippen molar-refractivity contribution in [3.8, 4) is 9.88 Å². The van der Waals surface area contributed by atoms with Crippen LogP contribution >= 0.6 is 22.9 Å². The van der Waals surface area contributed by atoms with E-state index >= 15 is 0 Å². The van der Waals surface area contributed by atoms with Gasteiger partial charge in [0.2, 0.25) is 0 Å². The summed E-state index contributed by atoms with van der Waals surface area (Å²) >= 11 is 2.95. The third kappa shape index (κ3) is 2.26. The Bertz CT molecular complexity index is 462. The van der Waals surface area contributed by atoms with Crippen molar-refractivity contribution >= 4 is 22.9 Å². The van der Waals surface area contributed by atoms with E-state index in [9.17, 15) is 0 Å². The standard InChI is InChI=1S/C9H13N5S2/c1-5(2)7-8(16-14-12-7)9-13-11-6(15-9)3-4-10/h5H,3-4,10H2,1-2H3. The van der Waals surface area contributed by atoms with E-state index in [1.807, 2.05) is 0 Å². The number of nitrogens with zero attached hydrogens (tertiary/aromatic N) is 4. The van der Waals surface area contributed by atoms with Crippen LogP contribution in [0.1, 0.15) is 30.5 Å². The van der Waals surface area contributed by atoms with Crippen LogP contribution < -0.4 is 5.73 Å². The fourth-order valence-corrected chi connectivity index (χ4v) is 3.03. The summed E-state index contributed by atoms with van der Waals surface area (Å²) in [5, 5.41) is 14.3. The van der Waals surface area contributed by atoms with E-state index in [4.69, 9.17) is 5.73 Å². The molecule has 0 aliphatic rings. The van der Waals surface area contributed by atoms with Crippen LogP contribution in [0, 0.1) is 0 Å². The van der Waals surface area contributed by atoms with Gasteiger partial charge in [-0.25, -0.2) is 0 Å². The van der Waals surface area contributed by atoms with Gasteiger partial charge in [0, 0.05) is 6.42 Å². The minimum Gasteiger partial charge on any atom is -0.330 e. The zero-order valence-corrected chi connectivity index (χ0v) is 10.8. The topological polar surface area (TPSA) is 77.6 Å². The third-order valence-corrected chi connectivity index (χ3v) is 3.96. The van der Waals surface area contributed by atoms with Crippen LogP contribution in [-0.4, -0.2) is 26.3 Å². The monoisotopic (exact) mass is 255 g/mol. The van der Waals surface area contributed by atoms with Crippen LogP contribution in [0.4, 0.5) is 0 Å². The average molecular weight is 255 g/mol. The van der Waals surface area contributed by atoms with Gasteiger partial charge in [-0.1, -0.05) is 29.7 Å². The number of aromatic nitrogens is 4. The van der Waals surface area contributed by atoms with Gasteiger partial charge < -0.3 is 5.73 Å². The predicted molar refractivity (Wildman–Crippen MR) is 65.7 cm³/mol. The summed E-state index contributed by atoms with van der Waals surface area (Å²) < 4.78 is 3.98. The molecule has 0 unspecified atom stereocenters. The first-order valence-electron chi connectivity index (χ1n) is 5.07. The van der Waals surface area contributed by atoms with E-state index in [1.165, 1.54) is 11.5 Å². The first-order chi connectivity index (χ1) is 7.72. The molecule has 0 aliphatic heterocycles. The van der Waals surface area contributed by atoms with Crippen molar-refractivity contribution in [1.29, 1.82) is 0 Å². The molecule has 0 atom stereocenters. The Morgan fingerprint density at radius 3 is 2.75 bits per heavy atom. The summed E-state index contributed by atoms with van der Waals surface area (Å²) in [4.78, 5) is 1.04. The molecule has 0 fully saturated rings. The second-order valence-electron chi connectivity index (χ2n) is 3.68. The minimum absolute atomic E-state index is 0.357. The molecule has 2 heterocycles. The van der Waals surface area contributed by atoms with Crippen molar-refractivity contribution in [2.75, 3.05) is 6.54 Å². The molecule has 2 aromatic heterocycles. The Morgan fingerprint density at radius 1 is 1.25 bits per heavy atom. The maximum absolute atomic E-state index is 5.48. The van der Waals surface area contributed by atoms with E-state index in [-0.39, 0.29) is 0 Å². The van der Waals surface area contributed by atoms with Gasteiger partial charge in [-0.2, -0.15) is 0 Å². The van der Waals surface area contributed by atoms with Crippen LogP contribution in [0.25, 0.3) is 9.88 Å². The van der Waals surface area contributed by atoms with E-state index in [0.717, 1.165) is 27.0 Å². The molecule has 0 aromatic carbocycles. The average Bonchev–Trinajstić information content (AvgIpc) is 2.83. The Hall–Kier alpha value is -0.920. The summed E-state index contributed by atoms with van der Waals surface area (Å²) in [5.74, 6) is 0.357. The fraction of sp³-hybridized carbons (Fsp3) is 0.556. The molecule has 2 rings (SSSR count). The third-order valence-electron chi connectivity index (χ3n) is 2.08. The van der Waals surface area contributed by atoms with E-state index < -0.39 is 0 Å². The van der Waals surface area contributed by atoms with Crippen molar-refractivity contribution in [2.45, 2.75) is 26.2 Å². The van der Waals surface area contributed by atoms with E-state index in [1.54, 1.807) is 11.3 Å². The first kappa shape index (κ1) is 11.6. The number of rotatable bonds is 4. The van der Waals surface area contributed by atoms with Gasteiger partial charge >= 0.3 is 0 Å². The zero-order chi connectivity index (χ0) is 11.5. The largest absolute Gasteiger partial charge is 0.330 e. The maximum Gasteiger partial charge on any atom is 0.161 e. The van der Waals surface area contributed by atoms with Crippen molar-refractivity contribution < 1.29 is 0 Å². The minimum atomic E-state index is 0.357. The Balaban J connectivity index is 2.31. The van der Waals surface area contributed by atoms with Crippen LogP contribution in [0.3, 0.4) is 0 Å². The van der Waals surface area contributed by atoms with Gasteiger partial charge in [-0.3, -0.25) is 0 Å². The van der Waals surface area contributed by atoms with Crippen molar-refractivity contribution in [2.24, 2.45) is 5.73 Å². The molecule has 7 heteroatoms. The van der Waals surface area contributed by atoms with Gasteiger partial charge in [-0.15, -0.1) is 15.3 Å². The summed E-state index contributed by atoms with van der Waals surface area (Å²) in [5.41, 5.74) is 6.48. The van der Waals surface area contributed by atoms with Crippen LogP contribution in [0.5, 0.6) is 0 Å². The molecule has 5 nitrogen and oxygen atoms in total. The summed E-state index contributed by atoms with van der Waals surface area (Å²) in [6.45, 7) is 4.80. The van der Waals surface area contributed by atoms with Crippen LogP contribution in [0.15, 0.2) is 0 Å². The number of hydrogen-bond donors (Lipinski definition) is 1. The number of nitrogens with two attached hydrogens (primary N) is 1. The number of hydrogen-bond acceptors (Lipinski definition) is 7. The van der Waals surface area contributed by atoms with Gasteiger partial charge in [0.05, 0.1) is 5.69 Å². The maximum atomic E-state index is 5.48. The second kappa shape index (κ2) is 4.94. The lowest BCUT2D eigenvalue weighted by Gasteiger charge is -1.99. The molecule has 86 valence electrons. The predicted octanol–water partition coefficient (Wildman–Crippen LogP) is 1.68. The molecule has 0 amide bonds. The molecule has 0 radical (unpaired) electrons. The summed E-state index contributed by atoms with van der Waals surface area (Å²) in [6, 6.07) is 0. The van der Waals surface area contributed by atoms with Crippen molar-refractivity contribution in [3.63, 3.8) is 0 Å². The molecular formula is C9H13N5S2. The molecule has 0 saturated carbocycles. The molecular weight excluding hydrogens is 242 g/mol. The molecule has 16 heavy (non-hydrogen) atoms. The fourth-order valence-electron chi connectivity index (χ4n) is 1.29. The molecule has 0 bridgehead atoms. The SMILES string of the molecule is CC(C)c1nnsc1-c1nnc(CCN)s1. The van der Waals surface area contributed by atoms with Gasteiger partial charge in [0.15, 0.2) is 5.01 Å². The van der Waals surface area contributed by atoms with Gasteiger partial charge in [0.25, 0.3) is 0 Å². The second-order valence-corrected chi connectivity index (χ2v) is 5.50. The van der Waals surface area contributed by atoms with Gasteiger partial charge in [-0.05, 0) is 24.0 Å². The smallest absolute Gasteiger partial charge is 0.161 e. The van der Waals surface area contributed by atoms with Gasteiger partial charge in [0.1, 0.15) is 9.88 Å². The molecule has 0 saturated heterocycles. The normalized spacial score (nSPS) is 11.2.